The zero-order chi connectivity index (χ0) is 20.5. The number of methoxy groups -OCH3 is 2. The van der Waals surface area contributed by atoms with Crippen LogP contribution in [0.4, 0.5) is 0 Å². The first-order valence-corrected chi connectivity index (χ1v) is 8.60. The Bertz CT molecular complexity index is 848. The molecule has 8 nitrogen and oxygen atoms in total. The molecule has 0 saturated heterocycles. The maximum atomic E-state index is 12.3. The summed E-state index contributed by atoms with van der Waals surface area (Å²) in [5.74, 6) is -0.582. The van der Waals surface area contributed by atoms with E-state index in [0.717, 1.165) is 6.42 Å². The summed E-state index contributed by atoms with van der Waals surface area (Å²) >= 11 is 0. The molecular weight excluding hydrogens is 364 g/mol. The summed E-state index contributed by atoms with van der Waals surface area (Å²) < 4.78 is 15.4. The fraction of sp³-hybridized carbons (Fsp3) is 0.250. The van der Waals surface area contributed by atoms with E-state index in [9.17, 15) is 14.4 Å². The number of carbonyl (C=O) groups excluding carboxylic acids is 3. The number of esters is 1. The van der Waals surface area contributed by atoms with Crippen molar-refractivity contribution < 1.29 is 28.6 Å². The second-order valence-corrected chi connectivity index (χ2v) is 5.69. The highest BCUT2D eigenvalue weighted by atomic mass is 16.5. The van der Waals surface area contributed by atoms with Crippen LogP contribution in [-0.2, 0) is 4.74 Å². The second-order valence-electron chi connectivity index (χ2n) is 5.69. The Morgan fingerprint density at radius 2 is 1.39 bits per heavy atom. The fourth-order valence-electron chi connectivity index (χ4n) is 2.27. The molecular formula is C20H22N2O6. The van der Waals surface area contributed by atoms with E-state index in [4.69, 9.17) is 9.47 Å². The minimum Gasteiger partial charge on any atom is -0.493 e. The highest BCUT2D eigenvalue weighted by molar-refractivity contribution is 6.00. The van der Waals surface area contributed by atoms with Gasteiger partial charge in [0.1, 0.15) is 0 Å². The van der Waals surface area contributed by atoms with Gasteiger partial charge >= 0.3 is 5.97 Å². The number of ether oxygens (including phenoxy) is 3. The molecule has 0 spiro atoms. The van der Waals surface area contributed by atoms with E-state index < -0.39 is 17.8 Å². The van der Waals surface area contributed by atoms with Gasteiger partial charge in [-0.05, 0) is 48.9 Å². The lowest BCUT2D eigenvalue weighted by molar-refractivity contribution is 0.0600. The number of nitrogens with one attached hydrogen (secondary N) is 2. The lowest BCUT2D eigenvalue weighted by atomic mass is 10.1. The molecule has 0 aromatic heterocycles. The largest absolute Gasteiger partial charge is 0.493 e. The average Bonchev–Trinajstić information content (AvgIpc) is 2.75. The highest BCUT2D eigenvalue weighted by Crippen LogP contribution is 2.28. The van der Waals surface area contributed by atoms with Crippen LogP contribution in [0.25, 0.3) is 0 Å². The van der Waals surface area contributed by atoms with E-state index in [2.05, 4.69) is 15.6 Å². The third kappa shape index (κ3) is 5.23. The quantitative estimate of drug-likeness (QED) is 0.559. The number of carbonyl (C=O) groups is 3. The molecule has 2 N–H and O–H groups in total. The first kappa shape index (κ1) is 20.8. The van der Waals surface area contributed by atoms with Crippen molar-refractivity contribution >= 4 is 17.8 Å². The van der Waals surface area contributed by atoms with Crippen molar-refractivity contribution in [2.45, 2.75) is 13.3 Å². The SMILES string of the molecule is CCCOc1ccc(C(=O)NNC(=O)c2ccc(C(=O)OC)cc2)cc1OC. The molecule has 0 aliphatic heterocycles. The van der Waals surface area contributed by atoms with E-state index in [0.29, 0.717) is 29.2 Å². The summed E-state index contributed by atoms with van der Waals surface area (Å²) in [5, 5.41) is 0. The predicted octanol–water partition coefficient (Wildman–Crippen LogP) is 2.35. The van der Waals surface area contributed by atoms with Gasteiger partial charge in [0.25, 0.3) is 11.8 Å². The van der Waals surface area contributed by atoms with Crippen molar-refractivity contribution in [2.24, 2.45) is 0 Å². The lowest BCUT2D eigenvalue weighted by Gasteiger charge is -2.12. The molecule has 148 valence electrons. The highest BCUT2D eigenvalue weighted by Gasteiger charge is 2.13. The number of benzene rings is 2. The normalized spacial score (nSPS) is 9.96. The number of rotatable bonds is 7. The van der Waals surface area contributed by atoms with Gasteiger partial charge in [0.15, 0.2) is 11.5 Å². The summed E-state index contributed by atoms with van der Waals surface area (Å²) in [7, 11) is 2.76. The Kier molecular flexibility index (Phi) is 7.38. The van der Waals surface area contributed by atoms with Crippen molar-refractivity contribution in [2.75, 3.05) is 20.8 Å². The first-order chi connectivity index (χ1) is 13.5. The van der Waals surface area contributed by atoms with Crippen LogP contribution in [0.15, 0.2) is 42.5 Å². The van der Waals surface area contributed by atoms with Crippen molar-refractivity contribution in [3.05, 3.63) is 59.2 Å². The Labute approximate surface area is 162 Å². The standard InChI is InChI=1S/C20H22N2O6/c1-4-11-28-16-10-9-15(12-17(16)26-2)19(24)22-21-18(23)13-5-7-14(8-6-13)20(25)27-3/h5-10,12H,4,11H2,1-3H3,(H,21,23)(H,22,24). The van der Waals surface area contributed by atoms with Crippen molar-refractivity contribution in [1.29, 1.82) is 0 Å². The molecule has 0 unspecified atom stereocenters. The number of hydrazine groups is 1. The molecule has 0 aliphatic rings. The van der Waals surface area contributed by atoms with E-state index >= 15 is 0 Å². The van der Waals surface area contributed by atoms with Crippen molar-refractivity contribution in [3.63, 3.8) is 0 Å². The third-order valence-corrected chi connectivity index (χ3v) is 3.75. The average molecular weight is 386 g/mol. The second kappa shape index (κ2) is 9.96. The van der Waals surface area contributed by atoms with Crippen LogP contribution in [0, 0.1) is 0 Å². The van der Waals surface area contributed by atoms with Crippen LogP contribution in [0.5, 0.6) is 11.5 Å². The maximum absolute atomic E-state index is 12.3. The molecule has 0 aliphatic carbocycles. The maximum Gasteiger partial charge on any atom is 0.337 e. The zero-order valence-corrected chi connectivity index (χ0v) is 15.9. The Hall–Kier alpha value is -3.55. The number of hydrogen-bond acceptors (Lipinski definition) is 6. The first-order valence-electron chi connectivity index (χ1n) is 8.60. The summed E-state index contributed by atoms with van der Waals surface area (Å²) in [6, 6.07) is 10.6. The van der Waals surface area contributed by atoms with Crippen LogP contribution in [0.1, 0.15) is 44.4 Å². The molecule has 8 heteroatoms. The molecule has 0 bridgehead atoms. The van der Waals surface area contributed by atoms with Crippen molar-refractivity contribution in [1.82, 2.24) is 10.9 Å². The summed E-state index contributed by atoms with van der Waals surface area (Å²) in [6.07, 6.45) is 0.845. The topological polar surface area (TPSA) is 103 Å². The van der Waals surface area contributed by atoms with Crippen LogP contribution >= 0.6 is 0 Å². The number of amides is 2. The lowest BCUT2D eigenvalue weighted by Crippen LogP contribution is -2.41. The molecule has 2 rings (SSSR count). The van der Waals surface area contributed by atoms with Gasteiger partial charge in [-0.3, -0.25) is 20.4 Å². The monoisotopic (exact) mass is 386 g/mol. The van der Waals surface area contributed by atoms with Crippen LogP contribution in [-0.4, -0.2) is 38.6 Å². The van der Waals surface area contributed by atoms with Gasteiger partial charge in [0.2, 0.25) is 0 Å². The van der Waals surface area contributed by atoms with Crippen LogP contribution in [0.2, 0.25) is 0 Å². The fourth-order valence-corrected chi connectivity index (χ4v) is 2.27. The Morgan fingerprint density at radius 3 is 1.96 bits per heavy atom. The zero-order valence-electron chi connectivity index (χ0n) is 15.9. The van der Waals surface area contributed by atoms with E-state index in [-0.39, 0.29) is 5.56 Å². The molecule has 0 heterocycles. The Balaban J connectivity index is 1.99. The number of hydrogen-bond donors (Lipinski definition) is 2. The molecule has 0 fully saturated rings. The van der Waals surface area contributed by atoms with Crippen LogP contribution in [0.3, 0.4) is 0 Å². The van der Waals surface area contributed by atoms with Gasteiger partial charge < -0.3 is 14.2 Å². The molecule has 2 amide bonds. The van der Waals surface area contributed by atoms with Gasteiger partial charge in [0.05, 0.1) is 26.4 Å². The summed E-state index contributed by atoms with van der Waals surface area (Å²) in [6.45, 7) is 2.52. The molecule has 2 aromatic rings. The van der Waals surface area contributed by atoms with E-state index in [1.54, 1.807) is 12.1 Å². The van der Waals surface area contributed by atoms with Gasteiger partial charge in [-0.1, -0.05) is 6.92 Å². The van der Waals surface area contributed by atoms with Gasteiger partial charge in [-0.2, -0.15) is 0 Å². The summed E-state index contributed by atoms with van der Waals surface area (Å²) in [4.78, 5) is 35.8. The van der Waals surface area contributed by atoms with Crippen LogP contribution < -0.4 is 20.3 Å². The molecule has 2 aromatic carbocycles. The minimum absolute atomic E-state index is 0.272. The van der Waals surface area contributed by atoms with E-state index in [1.165, 1.54) is 44.6 Å². The third-order valence-electron chi connectivity index (χ3n) is 3.75. The van der Waals surface area contributed by atoms with Gasteiger partial charge in [-0.25, -0.2) is 4.79 Å². The molecule has 0 atom stereocenters. The van der Waals surface area contributed by atoms with Crippen molar-refractivity contribution in [3.8, 4) is 11.5 Å². The molecule has 0 saturated carbocycles. The molecule has 28 heavy (non-hydrogen) atoms. The predicted molar refractivity (Wildman–Crippen MR) is 101 cm³/mol. The Morgan fingerprint density at radius 1 is 0.821 bits per heavy atom. The van der Waals surface area contributed by atoms with Gasteiger partial charge in [0, 0.05) is 11.1 Å². The smallest absolute Gasteiger partial charge is 0.337 e. The molecule has 0 radical (unpaired) electrons. The van der Waals surface area contributed by atoms with Gasteiger partial charge in [-0.15, -0.1) is 0 Å². The minimum atomic E-state index is -0.528. The van der Waals surface area contributed by atoms with E-state index in [1.807, 2.05) is 6.92 Å². The summed E-state index contributed by atoms with van der Waals surface area (Å²) in [5.41, 5.74) is 5.54.